The molecule has 0 aliphatic rings. The molecule has 1 aromatic rings. The maximum absolute atomic E-state index is 12.9. The number of nitro groups is 1. The number of hydrogen-bond donors (Lipinski definition) is 2. The second-order valence-corrected chi connectivity index (χ2v) is 3.14. The third kappa shape index (κ3) is 2.61. The SMILES string of the molecule is N[C@@H](c1cc([N+](=O)[O-])c(F)cc1O)C(F)(F)F. The average molecular weight is 254 g/mol. The summed E-state index contributed by atoms with van der Waals surface area (Å²) >= 11 is 0. The monoisotopic (exact) mass is 254 g/mol. The first-order valence-electron chi connectivity index (χ1n) is 4.13. The summed E-state index contributed by atoms with van der Waals surface area (Å²) in [4.78, 5) is 9.11. The Morgan fingerprint density at radius 2 is 1.94 bits per heavy atom. The fraction of sp³-hybridized carbons (Fsp3) is 0.250. The summed E-state index contributed by atoms with van der Waals surface area (Å²) in [6.07, 6.45) is -4.90. The van der Waals surface area contributed by atoms with Crippen LogP contribution in [0.5, 0.6) is 5.75 Å². The zero-order valence-corrected chi connectivity index (χ0v) is 8.03. The van der Waals surface area contributed by atoms with Gasteiger partial charge in [0, 0.05) is 17.7 Å². The molecule has 0 bridgehead atoms. The van der Waals surface area contributed by atoms with E-state index in [4.69, 9.17) is 10.8 Å². The van der Waals surface area contributed by atoms with Crippen molar-refractivity contribution in [3.05, 3.63) is 33.6 Å². The topological polar surface area (TPSA) is 89.4 Å². The maximum atomic E-state index is 12.9. The van der Waals surface area contributed by atoms with Crippen LogP contribution in [0.2, 0.25) is 0 Å². The number of hydrogen-bond acceptors (Lipinski definition) is 4. The molecular weight excluding hydrogens is 248 g/mol. The van der Waals surface area contributed by atoms with E-state index in [9.17, 15) is 27.7 Å². The molecule has 5 nitrogen and oxygen atoms in total. The number of aromatic hydroxyl groups is 1. The third-order valence-corrected chi connectivity index (χ3v) is 1.98. The van der Waals surface area contributed by atoms with Gasteiger partial charge in [-0.05, 0) is 0 Å². The highest BCUT2D eigenvalue weighted by Crippen LogP contribution is 2.37. The summed E-state index contributed by atoms with van der Waals surface area (Å²) in [5.41, 5.74) is 2.63. The van der Waals surface area contributed by atoms with Crippen LogP contribution >= 0.6 is 0 Å². The van der Waals surface area contributed by atoms with Gasteiger partial charge in [0.1, 0.15) is 11.8 Å². The lowest BCUT2D eigenvalue weighted by molar-refractivity contribution is -0.387. The number of nitrogens with two attached hydrogens (primary N) is 1. The summed E-state index contributed by atoms with van der Waals surface area (Å²) in [5, 5.41) is 19.4. The Morgan fingerprint density at radius 1 is 1.41 bits per heavy atom. The summed E-state index contributed by atoms with van der Waals surface area (Å²) in [5.74, 6) is -2.52. The first-order chi connectivity index (χ1) is 7.64. The van der Waals surface area contributed by atoms with Gasteiger partial charge in [0.25, 0.3) is 0 Å². The van der Waals surface area contributed by atoms with Gasteiger partial charge >= 0.3 is 11.9 Å². The van der Waals surface area contributed by atoms with Crippen molar-refractivity contribution in [1.82, 2.24) is 0 Å². The molecule has 0 aliphatic carbocycles. The number of phenols is 1. The minimum Gasteiger partial charge on any atom is -0.507 e. The summed E-state index contributed by atoms with van der Waals surface area (Å²) in [6, 6.07) is -2.14. The van der Waals surface area contributed by atoms with E-state index in [1.807, 2.05) is 0 Å². The molecule has 0 saturated heterocycles. The molecule has 1 rings (SSSR count). The third-order valence-electron chi connectivity index (χ3n) is 1.98. The van der Waals surface area contributed by atoms with Crippen molar-refractivity contribution in [3.8, 4) is 5.75 Å². The van der Waals surface area contributed by atoms with Crippen molar-refractivity contribution in [2.24, 2.45) is 5.73 Å². The zero-order chi connectivity index (χ0) is 13.4. The standard InChI is InChI=1S/C8H6F4N2O3/c9-4-2-6(15)3(1-5(4)14(16)17)7(13)8(10,11)12/h1-2,7,15H,13H2/t7-/m0/s1. The van der Waals surface area contributed by atoms with Crippen LogP contribution in [0, 0.1) is 15.9 Å². The van der Waals surface area contributed by atoms with Crippen LogP contribution in [0.25, 0.3) is 0 Å². The highest BCUT2D eigenvalue weighted by molar-refractivity contribution is 5.46. The molecule has 0 heterocycles. The summed E-state index contributed by atoms with van der Waals surface area (Å²) < 4.78 is 49.7. The minimum absolute atomic E-state index is 0.221. The largest absolute Gasteiger partial charge is 0.507 e. The fourth-order valence-electron chi connectivity index (χ4n) is 1.13. The second kappa shape index (κ2) is 4.17. The molecule has 1 aromatic carbocycles. The van der Waals surface area contributed by atoms with E-state index in [2.05, 4.69) is 0 Å². The lowest BCUT2D eigenvalue weighted by Gasteiger charge is -2.16. The van der Waals surface area contributed by atoms with Crippen molar-refractivity contribution in [1.29, 1.82) is 0 Å². The number of phenolic OH excluding ortho intramolecular Hbond substituents is 1. The van der Waals surface area contributed by atoms with Crippen molar-refractivity contribution in [3.63, 3.8) is 0 Å². The van der Waals surface area contributed by atoms with E-state index in [0.29, 0.717) is 0 Å². The van der Waals surface area contributed by atoms with Crippen LogP contribution in [0.4, 0.5) is 23.2 Å². The summed E-state index contributed by atoms with van der Waals surface area (Å²) in [6.45, 7) is 0. The minimum atomic E-state index is -4.90. The van der Waals surface area contributed by atoms with Crippen LogP contribution in [-0.2, 0) is 0 Å². The number of halogens is 4. The Labute approximate surface area is 91.6 Å². The van der Waals surface area contributed by atoms with Gasteiger partial charge in [-0.25, -0.2) is 0 Å². The molecule has 17 heavy (non-hydrogen) atoms. The number of benzene rings is 1. The van der Waals surface area contributed by atoms with Gasteiger partial charge in [0.05, 0.1) is 4.92 Å². The molecule has 0 radical (unpaired) electrons. The van der Waals surface area contributed by atoms with Crippen LogP contribution in [0.15, 0.2) is 12.1 Å². The van der Waals surface area contributed by atoms with E-state index in [1.165, 1.54) is 0 Å². The molecule has 0 aromatic heterocycles. The van der Waals surface area contributed by atoms with Crippen molar-refractivity contribution < 1.29 is 27.6 Å². The van der Waals surface area contributed by atoms with Crippen LogP contribution in [-0.4, -0.2) is 16.2 Å². The van der Waals surface area contributed by atoms with Crippen molar-refractivity contribution in [2.75, 3.05) is 0 Å². The van der Waals surface area contributed by atoms with Gasteiger partial charge in [0.2, 0.25) is 5.82 Å². The van der Waals surface area contributed by atoms with Crippen LogP contribution in [0.3, 0.4) is 0 Å². The Morgan fingerprint density at radius 3 is 2.35 bits per heavy atom. The lowest BCUT2D eigenvalue weighted by Crippen LogP contribution is -2.28. The molecule has 0 unspecified atom stereocenters. The Hall–Kier alpha value is -1.90. The Balaban J connectivity index is 3.35. The quantitative estimate of drug-likeness (QED) is 0.480. The molecule has 0 fully saturated rings. The van der Waals surface area contributed by atoms with Gasteiger partial charge in [0.15, 0.2) is 0 Å². The van der Waals surface area contributed by atoms with E-state index in [1.54, 1.807) is 0 Å². The molecule has 0 saturated carbocycles. The van der Waals surface area contributed by atoms with E-state index in [0.717, 1.165) is 0 Å². The normalized spacial score (nSPS) is 13.5. The number of nitrogens with zero attached hydrogens (tertiary/aromatic N) is 1. The molecule has 1 atom stereocenters. The highest BCUT2D eigenvalue weighted by Gasteiger charge is 2.40. The molecule has 0 spiro atoms. The van der Waals surface area contributed by atoms with Crippen LogP contribution in [0.1, 0.15) is 11.6 Å². The number of alkyl halides is 3. The van der Waals surface area contributed by atoms with Gasteiger partial charge < -0.3 is 10.8 Å². The zero-order valence-electron chi connectivity index (χ0n) is 8.03. The van der Waals surface area contributed by atoms with E-state index < -0.39 is 40.0 Å². The van der Waals surface area contributed by atoms with E-state index in [-0.39, 0.29) is 12.1 Å². The smallest absolute Gasteiger partial charge is 0.407 e. The molecule has 0 aliphatic heterocycles. The highest BCUT2D eigenvalue weighted by atomic mass is 19.4. The van der Waals surface area contributed by atoms with Gasteiger partial charge in [-0.3, -0.25) is 10.1 Å². The van der Waals surface area contributed by atoms with Gasteiger partial charge in [-0.15, -0.1) is 0 Å². The summed E-state index contributed by atoms with van der Waals surface area (Å²) in [7, 11) is 0. The van der Waals surface area contributed by atoms with Gasteiger partial charge in [-0.1, -0.05) is 0 Å². The first kappa shape index (κ1) is 13.2. The fourth-order valence-corrected chi connectivity index (χ4v) is 1.13. The Bertz CT molecular complexity index is 461. The van der Waals surface area contributed by atoms with E-state index >= 15 is 0 Å². The van der Waals surface area contributed by atoms with Crippen molar-refractivity contribution in [2.45, 2.75) is 12.2 Å². The predicted octanol–water partition coefficient (Wildman–Crippen LogP) is 2.00. The molecule has 94 valence electrons. The van der Waals surface area contributed by atoms with Crippen molar-refractivity contribution >= 4 is 5.69 Å². The Kier molecular flexibility index (Phi) is 3.23. The molecule has 0 amide bonds. The van der Waals surface area contributed by atoms with Crippen LogP contribution < -0.4 is 5.73 Å². The maximum Gasteiger partial charge on any atom is 0.407 e. The average Bonchev–Trinajstić information content (AvgIpc) is 2.14. The molecule has 3 N–H and O–H groups in total. The number of nitro benzene ring substituents is 1. The first-order valence-corrected chi connectivity index (χ1v) is 4.13. The lowest BCUT2D eigenvalue weighted by atomic mass is 10.0. The van der Waals surface area contributed by atoms with Gasteiger partial charge in [-0.2, -0.15) is 17.6 Å². The molecule has 9 heteroatoms. The number of rotatable bonds is 2. The molecular formula is C8H6F4N2O3. The predicted molar refractivity (Wildman–Crippen MR) is 47.7 cm³/mol. The second-order valence-electron chi connectivity index (χ2n) is 3.14.